The lowest BCUT2D eigenvalue weighted by molar-refractivity contribution is 0.102. The topological polar surface area (TPSA) is 109 Å². The van der Waals surface area contributed by atoms with Crippen LogP contribution in [-0.4, -0.2) is 27.2 Å². The molecular weight excluding hydrogens is 438 g/mol. The van der Waals surface area contributed by atoms with Crippen molar-refractivity contribution in [2.45, 2.75) is 6.54 Å². The summed E-state index contributed by atoms with van der Waals surface area (Å²) in [6.07, 6.45) is 2.57. The van der Waals surface area contributed by atoms with Crippen LogP contribution >= 0.6 is 27.5 Å². The lowest BCUT2D eigenvalue weighted by Gasteiger charge is -2.06. The molecule has 0 radical (unpaired) electrons. The quantitative estimate of drug-likeness (QED) is 0.548. The number of hydrogen-bond acceptors (Lipinski definition) is 5. The van der Waals surface area contributed by atoms with Crippen LogP contribution in [0.25, 0.3) is 0 Å². The van der Waals surface area contributed by atoms with E-state index in [2.05, 4.69) is 41.7 Å². The number of aromatic nitrogens is 3. The Balaban J connectivity index is 1.60. The van der Waals surface area contributed by atoms with E-state index in [0.717, 1.165) is 5.56 Å². The van der Waals surface area contributed by atoms with Crippen molar-refractivity contribution in [3.63, 3.8) is 0 Å². The van der Waals surface area contributed by atoms with Crippen molar-refractivity contribution in [1.82, 2.24) is 20.5 Å². The largest absolute Gasteiger partial charge is 0.414 e. The van der Waals surface area contributed by atoms with E-state index in [9.17, 15) is 9.59 Å². The zero-order chi connectivity index (χ0) is 19.2. The zero-order valence-corrected chi connectivity index (χ0v) is 16.0. The highest BCUT2D eigenvalue weighted by molar-refractivity contribution is 9.10. The maximum atomic E-state index is 12.3. The Morgan fingerprint density at radius 3 is 2.78 bits per heavy atom. The highest BCUT2D eigenvalue weighted by Gasteiger charge is 2.18. The third-order valence-corrected chi connectivity index (χ3v) is 4.45. The number of rotatable bonds is 5. The standard InChI is InChI=1S/C17H13BrClN5O3/c18-13-14(22-15(25)11-5-1-2-6-12(11)19)23-24-16(13)27-17(26)21-9-10-4-3-7-20-8-10/h1-8H,9H2,(H,21,26)(H2,22,23,24,25). The molecule has 27 heavy (non-hydrogen) atoms. The maximum Gasteiger partial charge on any atom is 0.414 e. The summed E-state index contributed by atoms with van der Waals surface area (Å²) in [5, 5.41) is 12.0. The number of nitrogens with one attached hydrogen (secondary N) is 3. The Hall–Kier alpha value is -2.91. The Kier molecular flexibility index (Phi) is 6.05. The number of aromatic amines is 1. The van der Waals surface area contributed by atoms with Gasteiger partial charge >= 0.3 is 6.09 Å². The van der Waals surface area contributed by atoms with Crippen LogP contribution in [0.2, 0.25) is 5.02 Å². The van der Waals surface area contributed by atoms with Crippen LogP contribution < -0.4 is 15.4 Å². The van der Waals surface area contributed by atoms with Crippen LogP contribution in [0.3, 0.4) is 0 Å². The molecule has 2 heterocycles. The molecule has 0 atom stereocenters. The van der Waals surface area contributed by atoms with Gasteiger partial charge in [-0.2, -0.15) is 0 Å². The molecule has 2 amide bonds. The number of carbonyl (C=O) groups is 2. The monoisotopic (exact) mass is 449 g/mol. The molecule has 3 aromatic rings. The molecule has 0 aliphatic heterocycles. The smallest absolute Gasteiger partial charge is 0.388 e. The molecule has 1 aromatic carbocycles. The van der Waals surface area contributed by atoms with Gasteiger partial charge in [-0.25, -0.2) is 4.79 Å². The molecule has 0 aliphatic carbocycles. The predicted octanol–water partition coefficient (Wildman–Crippen LogP) is 3.76. The lowest BCUT2D eigenvalue weighted by Crippen LogP contribution is -2.26. The first-order chi connectivity index (χ1) is 13.0. The normalized spacial score (nSPS) is 10.3. The predicted molar refractivity (Wildman–Crippen MR) is 103 cm³/mol. The van der Waals surface area contributed by atoms with Crippen LogP contribution in [0, 0.1) is 0 Å². The molecule has 0 saturated heterocycles. The highest BCUT2D eigenvalue weighted by Crippen LogP contribution is 2.30. The summed E-state index contributed by atoms with van der Waals surface area (Å²) in [5.41, 5.74) is 1.13. The first kappa shape index (κ1) is 18.9. The average molecular weight is 451 g/mol. The van der Waals surface area contributed by atoms with E-state index >= 15 is 0 Å². The van der Waals surface area contributed by atoms with Crippen LogP contribution in [-0.2, 0) is 6.54 Å². The summed E-state index contributed by atoms with van der Waals surface area (Å²) in [5.74, 6) is -0.222. The Bertz CT molecular complexity index is 964. The van der Waals surface area contributed by atoms with Gasteiger partial charge in [0.25, 0.3) is 11.8 Å². The van der Waals surface area contributed by atoms with Gasteiger partial charge in [0.2, 0.25) is 0 Å². The van der Waals surface area contributed by atoms with Crippen molar-refractivity contribution < 1.29 is 14.3 Å². The Morgan fingerprint density at radius 1 is 1.22 bits per heavy atom. The van der Waals surface area contributed by atoms with Gasteiger partial charge in [-0.15, -0.1) is 5.10 Å². The van der Waals surface area contributed by atoms with Crippen molar-refractivity contribution in [3.8, 4) is 5.88 Å². The molecule has 0 bridgehead atoms. The Morgan fingerprint density at radius 2 is 2.04 bits per heavy atom. The number of H-pyrrole nitrogens is 1. The summed E-state index contributed by atoms with van der Waals surface area (Å²) in [6, 6.07) is 10.2. The van der Waals surface area contributed by atoms with Crippen molar-refractivity contribution in [1.29, 1.82) is 0 Å². The number of nitrogens with zero attached hydrogens (tertiary/aromatic N) is 2. The number of benzene rings is 1. The van der Waals surface area contributed by atoms with Crippen molar-refractivity contribution >= 4 is 45.3 Å². The first-order valence-corrected chi connectivity index (χ1v) is 8.86. The fraction of sp³-hybridized carbons (Fsp3) is 0.0588. The second-order valence-corrected chi connectivity index (χ2v) is 6.46. The van der Waals surface area contributed by atoms with Crippen LogP contribution in [0.4, 0.5) is 10.6 Å². The van der Waals surface area contributed by atoms with Crippen LogP contribution in [0.1, 0.15) is 15.9 Å². The second kappa shape index (κ2) is 8.65. The van der Waals surface area contributed by atoms with E-state index in [1.165, 1.54) is 0 Å². The Labute approximate surface area is 167 Å². The van der Waals surface area contributed by atoms with Crippen molar-refractivity contribution in [3.05, 3.63) is 69.4 Å². The summed E-state index contributed by atoms with van der Waals surface area (Å²) in [6.45, 7) is 0.255. The van der Waals surface area contributed by atoms with E-state index < -0.39 is 12.0 Å². The SMILES string of the molecule is O=C(NCc1cccnc1)Oc1n[nH]c(NC(=O)c2ccccc2Cl)c1Br. The van der Waals surface area contributed by atoms with E-state index in [1.807, 2.05) is 6.07 Å². The maximum absolute atomic E-state index is 12.3. The van der Waals surface area contributed by atoms with Gasteiger partial charge in [0, 0.05) is 18.9 Å². The number of halogens is 2. The number of hydrogen-bond donors (Lipinski definition) is 3. The van der Waals surface area contributed by atoms with Crippen LogP contribution in [0.5, 0.6) is 5.88 Å². The fourth-order valence-electron chi connectivity index (χ4n) is 2.09. The zero-order valence-electron chi connectivity index (χ0n) is 13.7. The number of carbonyl (C=O) groups excluding carboxylic acids is 2. The van der Waals surface area contributed by atoms with Crippen molar-refractivity contribution in [2.75, 3.05) is 5.32 Å². The molecule has 3 rings (SSSR count). The number of pyridine rings is 1. The average Bonchev–Trinajstić information content (AvgIpc) is 3.01. The number of amides is 2. The minimum atomic E-state index is -0.699. The summed E-state index contributed by atoms with van der Waals surface area (Å²) >= 11 is 9.24. The molecular formula is C17H13BrClN5O3. The minimum absolute atomic E-state index is 0.0202. The molecule has 0 saturated carbocycles. The summed E-state index contributed by atoms with van der Waals surface area (Å²) in [4.78, 5) is 28.1. The van der Waals surface area contributed by atoms with Gasteiger partial charge in [-0.05, 0) is 39.7 Å². The van der Waals surface area contributed by atoms with Gasteiger partial charge in [-0.3, -0.25) is 14.9 Å². The lowest BCUT2D eigenvalue weighted by atomic mass is 10.2. The molecule has 138 valence electrons. The molecule has 0 unspecified atom stereocenters. The second-order valence-electron chi connectivity index (χ2n) is 5.26. The van der Waals surface area contributed by atoms with E-state index in [0.29, 0.717) is 15.1 Å². The van der Waals surface area contributed by atoms with E-state index in [-0.39, 0.29) is 18.2 Å². The van der Waals surface area contributed by atoms with E-state index in [1.54, 1.807) is 42.7 Å². The molecule has 2 aromatic heterocycles. The van der Waals surface area contributed by atoms with Gasteiger partial charge < -0.3 is 15.4 Å². The first-order valence-electron chi connectivity index (χ1n) is 7.69. The highest BCUT2D eigenvalue weighted by atomic mass is 79.9. The molecule has 0 fully saturated rings. The number of ether oxygens (including phenoxy) is 1. The minimum Gasteiger partial charge on any atom is -0.388 e. The van der Waals surface area contributed by atoms with Gasteiger partial charge in [0.05, 0.1) is 10.6 Å². The summed E-state index contributed by atoms with van der Waals surface area (Å²) in [7, 11) is 0. The number of anilines is 1. The van der Waals surface area contributed by atoms with Gasteiger partial charge in [0.15, 0.2) is 0 Å². The van der Waals surface area contributed by atoms with Gasteiger partial charge in [0.1, 0.15) is 10.3 Å². The molecule has 10 heteroatoms. The molecule has 3 N–H and O–H groups in total. The van der Waals surface area contributed by atoms with E-state index in [4.69, 9.17) is 16.3 Å². The molecule has 8 nitrogen and oxygen atoms in total. The fourth-order valence-corrected chi connectivity index (χ4v) is 2.67. The third-order valence-electron chi connectivity index (χ3n) is 3.38. The summed E-state index contributed by atoms with van der Waals surface area (Å²) < 4.78 is 5.41. The van der Waals surface area contributed by atoms with Crippen molar-refractivity contribution in [2.24, 2.45) is 0 Å². The van der Waals surface area contributed by atoms with Gasteiger partial charge in [-0.1, -0.05) is 29.8 Å². The molecule has 0 spiro atoms. The molecule has 0 aliphatic rings. The van der Waals surface area contributed by atoms with Crippen LogP contribution in [0.15, 0.2) is 53.3 Å². The third kappa shape index (κ3) is 4.83.